The van der Waals surface area contributed by atoms with Gasteiger partial charge in [-0.2, -0.15) is 0 Å². The molecule has 0 amide bonds. The Kier molecular flexibility index (Phi) is 7.81. The molecule has 86 valence electrons. The molecule has 0 aliphatic heterocycles. The Balaban J connectivity index is 3.31. The first-order valence-corrected chi connectivity index (χ1v) is 11.7. The van der Waals surface area contributed by atoms with E-state index in [1.807, 2.05) is 0 Å². The van der Waals surface area contributed by atoms with Gasteiger partial charge in [0.25, 0.3) is 0 Å². The third-order valence-electron chi connectivity index (χ3n) is 2.23. The van der Waals surface area contributed by atoms with Crippen molar-refractivity contribution in [1.82, 2.24) is 0 Å². The molecule has 0 aromatic rings. The molecule has 0 fully saturated rings. The summed E-state index contributed by atoms with van der Waals surface area (Å²) < 4.78 is 10.7. The van der Waals surface area contributed by atoms with Gasteiger partial charge in [0, 0.05) is 15.2 Å². The fourth-order valence-electron chi connectivity index (χ4n) is 1.34. The molecule has 0 rings (SSSR count). The van der Waals surface area contributed by atoms with Gasteiger partial charge in [0.1, 0.15) is 0 Å². The summed E-state index contributed by atoms with van der Waals surface area (Å²) in [5, 5.41) is 0. The minimum atomic E-state index is -0.881. The van der Waals surface area contributed by atoms with E-state index in [9.17, 15) is 0 Å². The van der Waals surface area contributed by atoms with Gasteiger partial charge in [0.05, 0.1) is 13.2 Å². The van der Waals surface area contributed by atoms with E-state index in [1.165, 1.54) is 18.5 Å². The van der Waals surface area contributed by atoms with Crippen molar-refractivity contribution in [2.45, 2.75) is 44.7 Å². The number of hydrogen-bond acceptors (Lipinski definition) is 2. The topological polar surface area (TPSA) is 18.5 Å². The Morgan fingerprint density at radius 1 is 1.14 bits per heavy atom. The van der Waals surface area contributed by atoms with Crippen molar-refractivity contribution < 1.29 is 9.16 Å². The van der Waals surface area contributed by atoms with E-state index in [4.69, 9.17) is 9.16 Å². The zero-order chi connectivity index (χ0) is 11.0. The molecule has 0 aromatic heterocycles. The summed E-state index contributed by atoms with van der Waals surface area (Å²) in [5.74, 6) is 0. The molecule has 0 aliphatic rings. The molecular formula is C10H26O2Si2. The van der Waals surface area contributed by atoms with Crippen LogP contribution in [-0.2, 0) is 9.16 Å². The smallest absolute Gasteiger partial charge is 0.174 e. The van der Waals surface area contributed by atoms with Gasteiger partial charge in [0.2, 0.25) is 0 Å². The van der Waals surface area contributed by atoms with Gasteiger partial charge in [-0.1, -0.05) is 32.1 Å². The molecule has 0 radical (unpaired) electrons. The Morgan fingerprint density at radius 3 is 2.29 bits per heavy atom. The number of methoxy groups -OCH3 is 1. The molecule has 1 atom stereocenters. The summed E-state index contributed by atoms with van der Waals surface area (Å²) >= 11 is 0. The number of ether oxygens (including phenoxy) is 1. The first-order valence-electron chi connectivity index (χ1n) is 5.56. The van der Waals surface area contributed by atoms with Crippen LogP contribution in [0.4, 0.5) is 0 Å². The molecule has 2 nitrogen and oxygen atoms in total. The quantitative estimate of drug-likeness (QED) is 0.475. The molecule has 0 bridgehead atoms. The van der Waals surface area contributed by atoms with Crippen molar-refractivity contribution in [3.63, 3.8) is 0 Å². The molecule has 0 saturated carbocycles. The van der Waals surface area contributed by atoms with Gasteiger partial charge in [-0.05, 0) is 12.6 Å². The second-order valence-electron chi connectivity index (χ2n) is 5.13. The predicted octanol–water partition coefficient (Wildman–Crippen LogP) is 2.73. The Labute approximate surface area is 91.7 Å². The summed E-state index contributed by atoms with van der Waals surface area (Å²) in [4.78, 5) is 0. The SMILES string of the molecule is COCCO[SiH](C)CCC[Si](C)(C)C. The first kappa shape index (κ1) is 14.4. The van der Waals surface area contributed by atoms with Crippen LogP contribution in [0, 0.1) is 0 Å². The van der Waals surface area contributed by atoms with Gasteiger partial charge in [-0.15, -0.1) is 0 Å². The van der Waals surface area contributed by atoms with Crippen molar-refractivity contribution in [1.29, 1.82) is 0 Å². The average Bonchev–Trinajstić information content (AvgIpc) is 2.02. The second-order valence-corrected chi connectivity index (χ2v) is 13.3. The molecule has 14 heavy (non-hydrogen) atoms. The first-order chi connectivity index (χ1) is 6.45. The van der Waals surface area contributed by atoms with Crippen LogP contribution in [-0.4, -0.2) is 37.4 Å². The predicted molar refractivity (Wildman–Crippen MR) is 68.4 cm³/mol. The zero-order valence-electron chi connectivity index (χ0n) is 10.4. The maximum Gasteiger partial charge on any atom is 0.174 e. The van der Waals surface area contributed by atoms with Crippen LogP contribution in [0.1, 0.15) is 6.42 Å². The molecule has 0 N–H and O–H groups in total. The third-order valence-corrected chi connectivity index (χ3v) is 6.11. The van der Waals surface area contributed by atoms with Crippen LogP contribution in [0.15, 0.2) is 0 Å². The summed E-state index contributed by atoms with van der Waals surface area (Å²) in [6.07, 6.45) is 1.37. The molecular weight excluding hydrogens is 208 g/mol. The monoisotopic (exact) mass is 234 g/mol. The largest absolute Gasteiger partial charge is 0.418 e. The molecule has 1 unspecified atom stereocenters. The van der Waals surface area contributed by atoms with E-state index >= 15 is 0 Å². The van der Waals surface area contributed by atoms with E-state index < -0.39 is 17.1 Å². The summed E-state index contributed by atoms with van der Waals surface area (Å²) in [6, 6.07) is 2.77. The maximum atomic E-state index is 5.73. The molecule has 0 aromatic carbocycles. The van der Waals surface area contributed by atoms with Crippen LogP contribution in [0.5, 0.6) is 0 Å². The van der Waals surface area contributed by atoms with Gasteiger partial charge < -0.3 is 9.16 Å². The normalized spacial score (nSPS) is 14.4. The van der Waals surface area contributed by atoms with Crippen LogP contribution in [0.25, 0.3) is 0 Å². The minimum Gasteiger partial charge on any atom is -0.418 e. The molecule has 0 spiro atoms. The summed E-state index contributed by atoms with van der Waals surface area (Å²) in [7, 11) is 0.0218. The highest BCUT2D eigenvalue weighted by Gasteiger charge is 2.13. The van der Waals surface area contributed by atoms with Crippen molar-refractivity contribution in [2.75, 3.05) is 20.3 Å². The Morgan fingerprint density at radius 2 is 1.79 bits per heavy atom. The van der Waals surface area contributed by atoms with Gasteiger partial charge in [-0.25, -0.2) is 0 Å². The van der Waals surface area contributed by atoms with Crippen LogP contribution in [0.2, 0.25) is 38.3 Å². The molecule has 0 heterocycles. The molecule has 4 heteroatoms. The fraction of sp³-hybridized carbons (Fsp3) is 1.00. The lowest BCUT2D eigenvalue weighted by atomic mass is 10.6. The molecule has 0 saturated heterocycles. The summed E-state index contributed by atoms with van der Waals surface area (Å²) in [5.41, 5.74) is 0. The highest BCUT2D eigenvalue weighted by molar-refractivity contribution is 6.76. The number of rotatable bonds is 8. The second kappa shape index (κ2) is 7.62. The van der Waals surface area contributed by atoms with Gasteiger partial charge in [-0.3, -0.25) is 0 Å². The lowest BCUT2D eigenvalue weighted by Gasteiger charge is -2.17. The Bertz CT molecular complexity index is 135. The van der Waals surface area contributed by atoms with Crippen molar-refractivity contribution in [3.8, 4) is 0 Å². The van der Waals surface area contributed by atoms with Crippen LogP contribution in [0.3, 0.4) is 0 Å². The lowest BCUT2D eigenvalue weighted by Crippen LogP contribution is -2.21. The maximum absolute atomic E-state index is 5.73. The van der Waals surface area contributed by atoms with E-state index in [2.05, 4.69) is 26.2 Å². The fourth-order valence-corrected chi connectivity index (χ4v) is 4.45. The van der Waals surface area contributed by atoms with Crippen LogP contribution >= 0.6 is 0 Å². The van der Waals surface area contributed by atoms with E-state index in [0.717, 1.165) is 13.2 Å². The highest BCUT2D eigenvalue weighted by Crippen LogP contribution is 2.14. The Hall–Kier alpha value is 0.354. The van der Waals surface area contributed by atoms with E-state index in [1.54, 1.807) is 7.11 Å². The van der Waals surface area contributed by atoms with Crippen LogP contribution < -0.4 is 0 Å². The van der Waals surface area contributed by atoms with E-state index in [0.29, 0.717) is 0 Å². The van der Waals surface area contributed by atoms with Crippen molar-refractivity contribution >= 4 is 17.1 Å². The highest BCUT2D eigenvalue weighted by atomic mass is 28.3. The van der Waals surface area contributed by atoms with Crippen molar-refractivity contribution in [2.24, 2.45) is 0 Å². The van der Waals surface area contributed by atoms with Crippen molar-refractivity contribution in [3.05, 3.63) is 0 Å². The zero-order valence-corrected chi connectivity index (χ0v) is 12.6. The van der Waals surface area contributed by atoms with Gasteiger partial charge >= 0.3 is 0 Å². The standard InChI is InChI=1S/C10H26O2Si2/c1-11-7-8-12-13(2)9-6-10-14(3,4)5/h13H,6-10H2,1-5H3. The minimum absolute atomic E-state index is 0.741. The van der Waals surface area contributed by atoms with E-state index in [-0.39, 0.29) is 0 Å². The number of hydrogen-bond donors (Lipinski definition) is 0. The third kappa shape index (κ3) is 10.4. The lowest BCUT2D eigenvalue weighted by molar-refractivity contribution is 0.146. The average molecular weight is 234 g/mol. The van der Waals surface area contributed by atoms with Gasteiger partial charge in [0.15, 0.2) is 9.04 Å². The summed E-state index contributed by atoms with van der Waals surface area (Å²) in [6.45, 7) is 11.1. The molecule has 0 aliphatic carbocycles.